The number of rotatable bonds is 6. The summed E-state index contributed by atoms with van der Waals surface area (Å²) in [7, 11) is 0. The molecule has 1 amide bonds. The van der Waals surface area contributed by atoms with Crippen LogP contribution in [-0.4, -0.2) is 33.2 Å². The van der Waals surface area contributed by atoms with Gasteiger partial charge in [0.2, 0.25) is 0 Å². The Morgan fingerprint density at radius 2 is 2.00 bits per heavy atom. The van der Waals surface area contributed by atoms with Crippen molar-refractivity contribution in [1.29, 1.82) is 0 Å². The van der Waals surface area contributed by atoms with Crippen molar-refractivity contribution in [1.82, 2.24) is 20.3 Å². The Morgan fingerprint density at radius 3 is 2.74 bits per heavy atom. The van der Waals surface area contributed by atoms with Crippen molar-refractivity contribution in [2.45, 2.75) is 11.3 Å². The van der Waals surface area contributed by atoms with Crippen LogP contribution < -0.4 is 5.32 Å². The van der Waals surface area contributed by atoms with Crippen molar-refractivity contribution in [2.75, 3.05) is 12.3 Å². The molecule has 2 aromatic heterocycles. The third-order valence-electron chi connectivity index (χ3n) is 2.32. The monoisotopic (exact) mass is 274 g/mol. The Kier molecular flexibility index (Phi) is 5.31. The molecular weight excluding hydrogens is 260 g/mol. The number of aromatic nitrogens is 3. The molecule has 98 valence electrons. The number of carbonyl (C=O) groups excluding carboxylic acids is 1. The molecule has 0 saturated heterocycles. The Hall–Kier alpha value is -1.95. The molecule has 0 bridgehead atoms. The summed E-state index contributed by atoms with van der Waals surface area (Å²) in [6.07, 6.45) is 8.97. The van der Waals surface area contributed by atoms with Crippen LogP contribution in [0.25, 0.3) is 0 Å². The van der Waals surface area contributed by atoms with Crippen molar-refractivity contribution in [3.63, 3.8) is 0 Å². The molecule has 0 aliphatic carbocycles. The Morgan fingerprint density at radius 1 is 1.16 bits per heavy atom. The lowest BCUT2D eigenvalue weighted by Crippen LogP contribution is -2.25. The molecule has 0 aliphatic heterocycles. The fraction of sp³-hybridized carbons (Fsp3) is 0.231. The maximum atomic E-state index is 11.6. The van der Waals surface area contributed by atoms with Gasteiger partial charge in [0.05, 0.1) is 6.20 Å². The van der Waals surface area contributed by atoms with Gasteiger partial charge in [0.25, 0.3) is 5.91 Å². The predicted molar refractivity (Wildman–Crippen MR) is 73.9 cm³/mol. The SMILES string of the molecule is O=C(NCCCSc1ccncc1)c1cnccn1. The van der Waals surface area contributed by atoms with Crippen molar-refractivity contribution in [2.24, 2.45) is 0 Å². The zero-order valence-corrected chi connectivity index (χ0v) is 11.1. The lowest BCUT2D eigenvalue weighted by Gasteiger charge is -2.04. The third kappa shape index (κ3) is 4.67. The van der Waals surface area contributed by atoms with Gasteiger partial charge in [-0.05, 0) is 24.3 Å². The molecule has 0 radical (unpaired) electrons. The van der Waals surface area contributed by atoms with E-state index in [1.807, 2.05) is 12.1 Å². The molecule has 0 atom stereocenters. The van der Waals surface area contributed by atoms with Gasteiger partial charge in [-0.3, -0.25) is 14.8 Å². The van der Waals surface area contributed by atoms with Gasteiger partial charge in [0.15, 0.2) is 0 Å². The second-order valence-electron chi connectivity index (χ2n) is 3.73. The summed E-state index contributed by atoms with van der Waals surface area (Å²) < 4.78 is 0. The van der Waals surface area contributed by atoms with E-state index in [4.69, 9.17) is 0 Å². The Labute approximate surface area is 115 Å². The minimum absolute atomic E-state index is 0.179. The average molecular weight is 274 g/mol. The quantitative estimate of drug-likeness (QED) is 0.642. The predicted octanol–water partition coefficient (Wildman–Crippen LogP) is 1.78. The molecule has 0 aromatic carbocycles. The van der Waals surface area contributed by atoms with E-state index in [0.717, 1.165) is 12.2 Å². The summed E-state index contributed by atoms with van der Waals surface area (Å²) in [6, 6.07) is 3.95. The van der Waals surface area contributed by atoms with Crippen LogP contribution in [0.2, 0.25) is 0 Å². The molecule has 2 aromatic rings. The minimum Gasteiger partial charge on any atom is -0.351 e. The molecule has 0 unspecified atom stereocenters. The van der Waals surface area contributed by atoms with Crippen LogP contribution in [0, 0.1) is 0 Å². The molecule has 1 N–H and O–H groups in total. The van der Waals surface area contributed by atoms with Gasteiger partial charge < -0.3 is 5.32 Å². The van der Waals surface area contributed by atoms with E-state index in [1.54, 1.807) is 30.4 Å². The minimum atomic E-state index is -0.179. The van der Waals surface area contributed by atoms with Crippen molar-refractivity contribution < 1.29 is 4.79 Å². The van der Waals surface area contributed by atoms with Gasteiger partial charge >= 0.3 is 0 Å². The molecule has 5 nitrogen and oxygen atoms in total. The number of nitrogens with one attached hydrogen (secondary N) is 1. The molecule has 0 aliphatic rings. The first-order chi connectivity index (χ1) is 9.36. The summed E-state index contributed by atoms with van der Waals surface area (Å²) in [5, 5.41) is 2.82. The molecular formula is C13H14N4OS. The third-order valence-corrected chi connectivity index (χ3v) is 3.42. The molecule has 2 rings (SSSR count). The van der Waals surface area contributed by atoms with E-state index < -0.39 is 0 Å². The number of thioether (sulfide) groups is 1. The van der Waals surface area contributed by atoms with Gasteiger partial charge in [-0.2, -0.15) is 0 Å². The van der Waals surface area contributed by atoms with Crippen molar-refractivity contribution >= 4 is 17.7 Å². The van der Waals surface area contributed by atoms with Crippen LogP contribution in [0.1, 0.15) is 16.9 Å². The molecule has 0 spiro atoms. The summed E-state index contributed by atoms with van der Waals surface area (Å²) in [5.74, 6) is 0.770. The largest absolute Gasteiger partial charge is 0.351 e. The maximum Gasteiger partial charge on any atom is 0.271 e. The van der Waals surface area contributed by atoms with Crippen LogP contribution in [0.4, 0.5) is 0 Å². The van der Waals surface area contributed by atoms with Gasteiger partial charge in [0.1, 0.15) is 5.69 Å². The first kappa shape index (κ1) is 13.5. The summed E-state index contributed by atoms with van der Waals surface area (Å²) in [5.41, 5.74) is 0.351. The number of amides is 1. The smallest absolute Gasteiger partial charge is 0.271 e. The van der Waals surface area contributed by atoms with Crippen molar-refractivity contribution in [3.8, 4) is 0 Å². The number of pyridine rings is 1. The first-order valence-corrected chi connectivity index (χ1v) is 6.92. The summed E-state index contributed by atoms with van der Waals surface area (Å²) in [6.45, 7) is 0.632. The van der Waals surface area contributed by atoms with Crippen LogP contribution in [0.3, 0.4) is 0 Å². The summed E-state index contributed by atoms with van der Waals surface area (Å²) >= 11 is 1.75. The van der Waals surface area contributed by atoms with Crippen LogP contribution in [0.15, 0.2) is 48.0 Å². The normalized spacial score (nSPS) is 10.1. The maximum absolute atomic E-state index is 11.6. The summed E-state index contributed by atoms with van der Waals surface area (Å²) in [4.78, 5) is 24.6. The van der Waals surface area contributed by atoms with E-state index in [1.165, 1.54) is 17.3 Å². The van der Waals surface area contributed by atoms with E-state index in [2.05, 4.69) is 20.3 Å². The van der Waals surface area contributed by atoms with E-state index in [9.17, 15) is 4.79 Å². The van der Waals surface area contributed by atoms with Crippen LogP contribution in [0.5, 0.6) is 0 Å². The van der Waals surface area contributed by atoms with Crippen LogP contribution >= 0.6 is 11.8 Å². The molecule has 6 heteroatoms. The molecule has 19 heavy (non-hydrogen) atoms. The fourth-order valence-corrected chi connectivity index (χ4v) is 2.24. The van der Waals surface area contributed by atoms with E-state index >= 15 is 0 Å². The Bertz CT molecular complexity index is 507. The fourth-order valence-electron chi connectivity index (χ4n) is 1.41. The van der Waals surface area contributed by atoms with Crippen LogP contribution in [-0.2, 0) is 0 Å². The van der Waals surface area contributed by atoms with E-state index in [-0.39, 0.29) is 5.91 Å². The van der Waals surface area contributed by atoms with Crippen molar-refractivity contribution in [3.05, 3.63) is 48.8 Å². The van der Waals surface area contributed by atoms with Gasteiger partial charge in [-0.1, -0.05) is 0 Å². The van der Waals surface area contributed by atoms with E-state index in [0.29, 0.717) is 12.2 Å². The zero-order valence-electron chi connectivity index (χ0n) is 10.3. The van der Waals surface area contributed by atoms with Gasteiger partial charge in [0, 0.05) is 36.2 Å². The highest BCUT2D eigenvalue weighted by Gasteiger charge is 2.05. The Balaban J connectivity index is 1.63. The lowest BCUT2D eigenvalue weighted by molar-refractivity contribution is 0.0948. The average Bonchev–Trinajstić information content (AvgIpc) is 2.49. The number of hydrogen-bond donors (Lipinski definition) is 1. The number of nitrogens with zero attached hydrogens (tertiary/aromatic N) is 3. The highest BCUT2D eigenvalue weighted by Crippen LogP contribution is 2.16. The van der Waals surface area contributed by atoms with Gasteiger partial charge in [-0.25, -0.2) is 4.98 Å². The molecule has 0 saturated carbocycles. The topological polar surface area (TPSA) is 67.8 Å². The molecule has 0 fully saturated rings. The first-order valence-electron chi connectivity index (χ1n) is 5.93. The highest BCUT2D eigenvalue weighted by molar-refractivity contribution is 7.99. The lowest BCUT2D eigenvalue weighted by atomic mass is 10.4. The number of carbonyl (C=O) groups is 1. The molecule has 2 heterocycles. The standard InChI is InChI=1S/C13H14N4OS/c18-13(12-10-15-7-8-16-12)17-4-1-9-19-11-2-5-14-6-3-11/h2-3,5-8,10H,1,4,9H2,(H,17,18). The second-order valence-corrected chi connectivity index (χ2v) is 4.90. The van der Waals surface area contributed by atoms with Gasteiger partial charge in [-0.15, -0.1) is 11.8 Å². The second kappa shape index (κ2) is 7.48. The zero-order chi connectivity index (χ0) is 13.3. The highest BCUT2D eigenvalue weighted by atomic mass is 32.2. The number of hydrogen-bond acceptors (Lipinski definition) is 5.